The topological polar surface area (TPSA) is 4.93 Å². The molecule has 94 valence electrons. The van der Waals surface area contributed by atoms with Gasteiger partial charge >= 0.3 is 0 Å². The minimum Gasteiger partial charge on any atom is -0.344 e. The second-order valence-corrected chi connectivity index (χ2v) is 6.22. The molecule has 0 fully saturated rings. The van der Waals surface area contributed by atoms with Crippen molar-refractivity contribution in [3.05, 3.63) is 46.8 Å². The van der Waals surface area contributed by atoms with Crippen LogP contribution in [0.2, 0.25) is 0 Å². The van der Waals surface area contributed by atoms with E-state index in [9.17, 15) is 0 Å². The Morgan fingerprint density at radius 3 is 2.56 bits per heavy atom. The van der Waals surface area contributed by atoms with Crippen molar-refractivity contribution in [3.63, 3.8) is 0 Å². The average molecular weight is 239 g/mol. The van der Waals surface area contributed by atoms with E-state index in [2.05, 4.69) is 61.8 Å². The summed E-state index contributed by atoms with van der Waals surface area (Å²) >= 11 is 0. The SMILES string of the molecule is Cc1c2c(n3c1CC(C)(C)CC3)C=CC=CC=C2. The number of aromatic nitrogens is 1. The Morgan fingerprint density at radius 1 is 1.06 bits per heavy atom. The van der Waals surface area contributed by atoms with Crippen LogP contribution in [0.3, 0.4) is 0 Å². The molecule has 0 bridgehead atoms. The lowest BCUT2D eigenvalue weighted by Gasteiger charge is -2.32. The maximum atomic E-state index is 2.52. The first-order chi connectivity index (χ1) is 8.58. The summed E-state index contributed by atoms with van der Waals surface area (Å²) in [6.07, 6.45) is 15.5. The van der Waals surface area contributed by atoms with E-state index in [1.165, 1.54) is 35.4 Å². The normalized spacial score (nSPS) is 20.2. The fourth-order valence-corrected chi connectivity index (χ4v) is 3.10. The first-order valence-corrected chi connectivity index (χ1v) is 6.82. The summed E-state index contributed by atoms with van der Waals surface area (Å²) in [6.45, 7) is 8.19. The van der Waals surface area contributed by atoms with Crippen molar-refractivity contribution >= 4 is 12.2 Å². The monoisotopic (exact) mass is 239 g/mol. The predicted octanol–water partition coefficient (Wildman–Crippen LogP) is 4.37. The summed E-state index contributed by atoms with van der Waals surface area (Å²) in [5, 5.41) is 0. The standard InChI is InChI=1S/C17H21N/c1-13-14-8-6-4-5-7-9-15(14)18-11-10-17(2,3)12-16(13)18/h4-9H,10-12H2,1-3H3. The molecule has 1 heteroatoms. The number of hydrogen-bond donors (Lipinski definition) is 0. The molecular formula is C17H21N. The molecule has 0 radical (unpaired) electrons. The molecule has 1 nitrogen and oxygen atoms in total. The number of nitrogens with zero attached hydrogens (tertiary/aromatic N) is 1. The van der Waals surface area contributed by atoms with Crippen LogP contribution in [0.4, 0.5) is 0 Å². The van der Waals surface area contributed by atoms with Crippen LogP contribution in [0.1, 0.15) is 42.8 Å². The van der Waals surface area contributed by atoms with Crippen molar-refractivity contribution in [2.45, 2.75) is 40.2 Å². The van der Waals surface area contributed by atoms with E-state index in [1.54, 1.807) is 0 Å². The fraction of sp³-hybridized carbons (Fsp3) is 0.412. The highest BCUT2D eigenvalue weighted by Gasteiger charge is 2.29. The van der Waals surface area contributed by atoms with Gasteiger partial charge in [0.25, 0.3) is 0 Å². The summed E-state index contributed by atoms with van der Waals surface area (Å²) in [7, 11) is 0. The third kappa shape index (κ3) is 1.78. The summed E-state index contributed by atoms with van der Waals surface area (Å²) in [5.41, 5.74) is 6.24. The second-order valence-electron chi connectivity index (χ2n) is 6.22. The van der Waals surface area contributed by atoms with Crippen molar-refractivity contribution in [1.82, 2.24) is 4.57 Å². The maximum absolute atomic E-state index is 2.52. The van der Waals surface area contributed by atoms with Crippen LogP contribution >= 0.6 is 0 Å². The van der Waals surface area contributed by atoms with E-state index in [-0.39, 0.29) is 0 Å². The first kappa shape index (κ1) is 11.6. The van der Waals surface area contributed by atoms with E-state index in [0.717, 1.165) is 6.54 Å². The van der Waals surface area contributed by atoms with Gasteiger partial charge in [-0.1, -0.05) is 44.2 Å². The molecule has 2 aliphatic rings. The molecule has 0 N–H and O–H groups in total. The molecule has 0 saturated heterocycles. The summed E-state index contributed by atoms with van der Waals surface area (Å²) in [4.78, 5) is 0. The third-order valence-electron chi connectivity index (χ3n) is 4.24. The number of hydrogen-bond acceptors (Lipinski definition) is 0. The smallest absolute Gasteiger partial charge is 0.0485 e. The molecule has 0 aromatic carbocycles. The molecule has 1 aliphatic heterocycles. The van der Waals surface area contributed by atoms with Gasteiger partial charge in [-0.3, -0.25) is 0 Å². The molecule has 0 spiro atoms. The van der Waals surface area contributed by atoms with Gasteiger partial charge < -0.3 is 4.57 Å². The highest BCUT2D eigenvalue weighted by molar-refractivity contribution is 5.70. The van der Waals surface area contributed by atoms with E-state index in [4.69, 9.17) is 0 Å². The lowest BCUT2D eigenvalue weighted by Crippen LogP contribution is -2.26. The zero-order valence-electron chi connectivity index (χ0n) is 11.5. The molecule has 1 aromatic rings. The van der Waals surface area contributed by atoms with Crippen LogP contribution in [0.5, 0.6) is 0 Å². The summed E-state index contributed by atoms with van der Waals surface area (Å²) in [6, 6.07) is 0. The molecule has 0 atom stereocenters. The van der Waals surface area contributed by atoms with Gasteiger partial charge in [0, 0.05) is 23.5 Å². The highest BCUT2D eigenvalue weighted by atomic mass is 15.0. The Labute approximate surface area is 110 Å². The van der Waals surface area contributed by atoms with Crippen LogP contribution in [0.25, 0.3) is 12.2 Å². The lowest BCUT2D eigenvalue weighted by atomic mass is 9.81. The lowest BCUT2D eigenvalue weighted by molar-refractivity contribution is 0.270. The van der Waals surface area contributed by atoms with Crippen LogP contribution in [0.15, 0.2) is 24.3 Å². The molecule has 1 aromatic heterocycles. The zero-order valence-corrected chi connectivity index (χ0v) is 11.5. The number of allylic oxidation sites excluding steroid dienone is 4. The van der Waals surface area contributed by atoms with Crippen molar-refractivity contribution in [2.24, 2.45) is 5.41 Å². The summed E-state index contributed by atoms with van der Waals surface area (Å²) in [5.74, 6) is 0. The molecule has 3 rings (SSSR count). The Hall–Kier alpha value is -1.50. The van der Waals surface area contributed by atoms with Gasteiger partial charge in [-0.15, -0.1) is 0 Å². The molecular weight excluding hydrogens is 218 g/mol. The highest BCUT2D eigenvalue weighted by Crippen LogP contribution is 2.37. The number of fused-ring (bicyclic) bond motifs is 3. The molecule has 2 heterocycles. The summed E-state index contributed by atoms with van der Waals surface area (Å²) < 4.78 is 2.52. The minimum absolute atomic E-state index is 0.444. The Balaban J connectivity index is 2.18. The van der Waals surface area contributed by atoms with Gasteiger partial charge in [0.1, 0.15) is 0 Å². The van der Waals surface area contributed by atoms with Crippen molar-refractivity contribution in [2.75, 3.05) is 0 Å². The maximum Gasteiger partial charge on any atom is 0.0485 e. The Morgan fingerprint density at radius 2 is 1.78 bits per heavy atom. The molecule has 0 amide bonds. The van der Waals surface area contributed by atoms with Crippen LogP contribution in [-0.4, -0.2) is 4.57 Å². The Bertz CT molecular complexity index is 565. The van der Waals surface area contributed by atoms with Gasteiger partial charge in [-0.05, 0) is 36.8 Å². The van der Waals surface area contributed by atoms with Gasteiger partial charge in [-0.25, -0.2) is 0 Å². The van der Waals surface area contributed by atoms with Gasteiger partial charge in [0.2, 0.25) is 0 Å². The van der Waals surface area contributed by atoms with Gasteiger partial charge in [0.15, 0.2) is 0 Å². The van der Waals surface area contributed by atoms with E-state index >= 15 is 0 Å². The molecule has 0 unspecified atom stereocenters. The largest absolute Gasteiger partial charge is 0.344 e. The van der Waals surface area contributed by atoms with E-state index in [1.807, 2.05) is 0 Å². The Kier molecular flexibility index (Phi) is 2.58. The van der Waals surface area contributed by atoms with Crippen LogP contribution in [0, 0.1) is 12.3 Å². The minimum atomic E-state index is 0.444. The van der Waals surface area contributed by atoms with E-state index < -0.39 is 0 Å². The fourth-order valence-electron chi connectivity index (χ4n) is 3.10. The quantitative estimate of drug-likeness (QED) is 0.633. The van der Waals surface area contributed by atoms with Gasteiger partial charge in [-0.2, -0.15) is 0 Å². The average Bonchev–Trinajstić information content (AvgIpc) is 2.50. The predicted molar refractivity (Wildman–Crippen MR) is 78.5 cm³/mol. The third-order valence-corrected chi connectivity index (χ3v) is 4.24. The van der Waals surface area contributed by atoms with E-state index in [0.29, 0.717) is 5.41 Å². The molecule has 1 aliphatic carbocycles. The molecule has 18 heavy (non-hydrogen) atoms. The van der Waals surface area contributed by atoms with Gasteiger partial charge in [0.05, 0.1) is 0 Å². The first-order valence-electron chi connectivity index (χ1n) is 6.82. The van der Waals surface area contributed by atoms with Crippen molar-refractivity contribution < 1.29 is 0 Å². The van der Waals surface area contributed by atoms with Crippen LogP contribution in [-0.2, 0) is 13.0 Å². The van der Waals surface area contributed by atoms with Crippen molar-refractivity contribution in [3.8, 4) is 0 Å². The second kappa shape index (κ2) is 4.01. The molecule has 0 saturated carbocycles. The number of rotatable bonds is 0. The zero-order chi connectivity index (χ0) is 12.8. The van der Waals surface area contributed by atoms with Crippen molar-refractivity contribution in [1.29, 1.82) is 0 Å². The van der Waals surface area contributed by atoms with Crippen LogP contribution < -0.4 is 0 Å².